The first-order valence-electron chi connectivity index (χ1n) is 9.31. The summed E-state index contributed by atoms with van der Waals surface area (Å²) in [6.45, 7) is 2.97. The Labute approximate surface area is 154 Å². The van der Waals surface area contributed by atoms with E-state index in [0.717, 1.165) is 23.5 Å². The molecule has 0 unspecified atom stereocenters. The van der Waals surface area contributed by atoms with E-state index in [1.54, 1.807) is 12.1 Å². The number of aromatic carboxylic acids is 1. The molecule has 0 spiro atoms. The number of carboxylic acids is 1. The first-order valence-corrected chi connectivity index (χ1v) is 9.31. The molecule has 0 radical (unpaired) electrons. The van der Waals surface area contributed by atoms with Crippen molar-refractivity contribution in [1.82, 2.24) is 0 Å². The summed E-state index contributed by atoms with van der Waals surface area (Å²) in [5, 5.41) is 9.29. The largest absolute Gasteiger partial charge is 0.493 e. The van der Waals surface area contributed by atoms with Gasteiger partial charge in [-0.1, -0.05) is 43.5 Å². The van der Waals surface area contributed by atoms with Gasteiger partial charge in [-0.3, -0.25) is 0 Å². The van der Waals surface area contributed by atoms with Crippen LogP contribution in [0.1, 0.15) is 53.6 Å². The zero-order chi connectivity index (χ0) is 18.4. The van der Waals surface area contributed by atoms with Gasteiger partial charge in [-0.2, -0.15) is 0 Å². The number of aryl methyl sites for hydroxylation is 1. The topological polar surface area (TPSA) is 55.8 Å². The molecule has 1 aliphatic carbocycles. The number of para-hydroxylation sites is 1. The summed E-state index contributed by atoms with van der Waals surface area (Å²) in [5.41, 5.74) is 1.99. The van der Waals surface area contributed by atoms with E-state index < -0.39 is 5.97 Å². The average Bonchev–Trinajstić information content (AvgIpc) is 2.67. The standard InChI is InChI=1S/C22H26O4/c1-16-6-5-9-20(22(23)24)21(16)26-15-18-10-12-19(13-11-18)25-14-17-7-3-2-4-8-17/h5-6,9-13,17H,2-4,7-8,14-15H2,1H3,(H,23,24). The lowest BCUT2D eigenvalue weighted by molar-refractivity contribution is 0.0691. The molecule has 2 aromatic carbocycles. The van der Waals surface area contributed by atoms with Crippen LogP contribution < -0.4 is 9.47 Å². The number of rotatable bonds is 7. The van der Waals surface area contributed by atoms with E-state index >= 15 is 0 Å². The van der Waals surface area contributed by atoms with Crippen LogP contribution in [0, 0.1) is 12.8 Å². The van der Waals surface area contributed by atoms with E-state index in [1.165, 1.54) is 32.1 Å². The molecule has 0 atom stereocenters. The molecule has 1 saturated carbocycles. The molecule has 0 aromatic heterocycles. The van der Waals surface area contributed by atoms with Crippen LogP contribution in [0.25, 0.3) is 0 Å². The van der Waals surface area contributed by atoms with Crippen LogP contribution >= 0.6 is 0 Å². The Kier molecular flexibility index (Phi) is 6.16. The number of ether oxygens (including phenoxy) is 2. The molecule has 26 heavy (non-hydrogen) atoms. The molecule has 0 aliphatic heterocycles. The van der Waals surface area contributed by atoms with Gasteiger partial charge in [0.2, 0.25) is 0 Å². The van der Waals surface area contributed by atoms with Crippen molar-refractivity contribution in [2.45, 2.75) is 45.6 Å². The summed E-state index contributed by atoms with van der Waals surface area (Å²) in [6, 6.07) is 13.0. The van der Waals surface area contributed by atoms with E-state index in [0.29, 0.717) is 18.3 Å². The molecule has 1 aliphatic rings. The second-order valence-electron chi connectivity index (χ2n) is 7.00. The van der Waals surface area contributed by atoms with Gasteiger partial charge in [-0.05, 0) is 55.0 Å². The van der Waals surface area contributed by atoms with Gasteiger partial charge in [0.1, 0.15) is 23.7 Å². The fourth-order valence-corrected chi connectivity index (χ4v) is 3.42. The van der Waals surface area contributed by atoms with Crippen LogP contribution in [0.4, 0.5) is 0 Å². The minimum absolute atomic E-state index is 0.192. The van der Waals surface area contributed by atoms with Gasteiger partial charge < -0.3 is 14.6 Å². The van der Waals surface area contributed by atoms with Crippen molar-refractivity contribution in [3.05, 3.63) is 59.2 Å². The van der Waals surface area contributed by atoms with Crippen molar-refractivity contribution < 1.29 is 19.4 Å². The van der Waals surface area contributed by atoms with Gasteiger partial charge in [-0.25, -0.2) is 4.79 Å². The quantitative estimate of drug-likeness (QED) is 0.739. The summed E-state index contributed by atoms with van der Waals surface area (Å²) in [6.07, 6.45) is 6.54. The lowest BCUT2D eigenvalue weighted by atomic mass is 9.90. The summed E-state index contributed by atoms with van der Waals surface area (Å²) in [4.78, 5) is 11.3. The average molecular weight is 354 g/mol. The molecule has 138 valence electrons. The van der Waals surface area contributed by atoms with Crippen LogP contribution in [0.2, 0.25) is 0 Å². The third kappa shape index (κ3) is 4.78. The highest BCUT2D eigenvalue weighted by Crippen LogP contribution is 2.26. The van der Waals surface area contributed by atoms with Crippen molar-refractivity contribution >= 4 is 5.97 Å². The highest BCUT2D eigenvalue weighted by molar-refractivity contribution is 5.91. The van der Waals surface area contributed by atoms with Crippen molar-refractivity contribution in [3.63, 3.8) is 0 Å². The molecule has 3 rings (SSSR count). The summed E-state index contributed by atoms with van der Waals surface area (Å²) in [5.74, 6) is 1.01. The second-order valence-corrected chi connectivity index (χ2v) is 7.00. The van der Waals surface area contributed by atoms with E-state index in [-0.39, 0.29) is 5.56 Å². The molecule has 0 saturated heterocycles. The van der Waals surface area contributed by atoms with Crippen LogP contribution in [0.5, 0.6) is 11.5 Å². The third-order valence-electron chi connectivity index (χ3n) is 4.96. The van der Waals surface area contributed by atoms with Gasteiger partial charge in [0.15, 0.2) is 0 Å². The van der Waals surface area contributed by atoms with Crippen molar-refractivity contribution in [2.75, 3.05) is 6.61 Å². The maximum Gasteiger partial charge on any atom is 0.339 e. The number of carbonyl (C=O) groups is 1. The van der Waals surface area contributed by atoms with E-state index in [9.17, 15) is 9.90 Å². The predicted molar refractivity (Wildman–Crippen MR) is 101 cm³/mol. The number of benzene rings is 2. The Balaban J connectivity index is 1.55. The van der Waals surface area contributed by atoms with Crippen LogP contribution in [0.3, 0.4) is 0 Å². The molecule has 4 nitrogen and oxygen atoms in total. The molecule has 1 fully saturated rings. The first-order chi connectivity index (χ1) is 12.6. The summed E-state index contributed by atoms with van der Waals surface area (Å²) >= 11 is 0. The fourth-order valence-electron chi connectivity index (χ4n) is 3.42. The highest BCUT2D eigenvalue weighted by Gasteiger charge is 2.15. The summed E-state index contributed by atoms with van der Waals surface area (Å²) in [7, 11) is 0. The molecule has 1 N–H and O–H groups in total. The zero-order valence-electron chi connectivity index (χ0n) is 15.2. The Morgan fingerprint density at radius 3 is 2.46 bits per heavy atom. The first kappa shape index (κ1) is 18.3. The minimum atomic E-state index is -0.977. The number of carboxylic acid groups (broad SMARTS) is 1. The molecular weight excluding hydrogens is 328 g/mol. The normalized spacial score (nSPS) is 14.8. The fraction of sp³-hybridized carbons (Fsp3) is 0.409. The summed E-state index contributed by atoms with van der Waals surface area (Å²) < 4.78 is 11.7. The van der Waals surface area contributed by atoms with Crippen molar-refractivity contribution in [3.8, 4) is 11.5 Å². The van der Waals surface area contributed by atoms with Gasteiger partial charge in [0.25, 0.3) is 0 Å². The van der Waals surface area contributed by atoms with E-state index in [1.807, 2.05) is 37.3 Å². The smallest absolute Gasteiger partial charge is 0.339 e. The van der Waals surface area contributed by atoms with Crippen molar-refractivity contribution in [2.24, 2.45) is 5.92 Å². The van der Waals surface area contributed by atoms with Crippen LogP contribution in [0.15, 0.2) is 42.5 Å². The monoisotopic (exact) mass is 354 g/mol. The SMILES string of the molecule is Cc1cccc(C(=O)O)c1OCc1ccc(OCC2CCCCC2)cc1. The molecule has 0 amide bonds. The van der Waals surface area contributed by atoms with Crippen molar-refractivity contribution in [1.29, 1.82) is 0 Å². The lowest BCUT2D eigenvalue weighted by Crippen LogP contribution is -2.15. The third-order valence-corrected chi connectivity index (χ3v) is 4.96. The molecular formula is C22H26O4. The maximum absolute atomic E-state index is 11.3. The Hall–Kier alpha value is -2.49. The van der Waals surface area contributed by atoms with E-state index in [4.69, 9.17) is 9.47 Å². The Morgan fingerprint density at radius 2 is 1.77 bits per heavy atom. The lowest BCUT2D eigenvalue weighted by Gasteiger charge is -2.21. The zero-order valence-corrected chi connectivity index (χ0v) is 15.2. The highest BCUT2D eigenvalue weighted by atomic mass is 16.5. The molecule has 0 heterocycles. The van der Waals surface area contributed by atoms with Crippen LogP contribution in [-0.4, -0.2) is 17.7 Å². The van der Waals surface area contributed by atoms with Gasteiger partial charge in [0.05, 0.1) is 6.61 Å². The van der Waals surface area contributed by atoms with Gasteiger partial charge in [-0.15, -0.1) is 0 Å². The Morgan fingerprint density at radius 1 is 1.04 bits per heavy atom. The molecule has 4 heteroatoms. The van der Waals surface area contributed by atoms with Gasteiger partial charge >= 0.3 is 5.97 Å². The molecule has 0 bridgehead atoms. The Bertz CT molecular complexity index is 730. The number of hydrogen-bond acceptors (Lipinski definition) is 3. The van der Waals surface area contributed by atoms with Crippen LogP contribution in [-0.2, 0) is 6.61 Å². The van der Waals surface area contributed by atoms with Gasteiger partial charge in [0, 0.05) is 0 Å². The maximum atomic E-state index is 11.3. The predicted octanol–water partition coefficient (Wildman–Crippen LogP) is 5.23. The molecule has 2 aromatic rings. The minimum Gasteiger partial charge on any atom is -0.493 e. The second kappa shape index (κ2) is 8.75. The number of hydrogen-bond donors (Lipinski definition) is 1. The van der Waals surface area contributed by atoms with E-state index in [2.05, 4.69) is 0 Å².